The monoisotopic (exact) mass is 272 g/mol. The quantitative estimate of drug-likeness (QED) is 0.596. The summed E-state index contributed by atoms with van der Waals surface area (Å²) < 4.78 is 6.20. The molecular formula is C14H28O3Si. The molecule has 106 valence electrons. The largest absolute Gasteiger partial charge is 0.409 e. The number of carbonyl (C=O) groups excluding carboxylic acids is 1. The highest BCUT2D eigenvalue weighted by atomic mass is 28.4. The zero-order valence-electron chi connectivity index (χ0n) is 12.8. The van der Waals surface area contributed by atoms with E-state index >= 15 is 0 Å². The Labute approximate surface area is 112 Å². The van der Waals surface area contributed by atoms with Crippen LogP contribution in [0.4, 0.5) is 0 Å². The van der Waals surface area contributed by atoms with Gasteiger partial charge in [0, 0.05) is 6.42 Å². The molecule has 0 spiro atoms. The highest BCUT2D eigenvalue weighted by molar-refractivity contribution is 6.74. The van der Waals surface area contributed by atoms with Crippen molar-refractivity contribution >= 4 is 14.1 Å². The van der Waals surface area contributed by atoms with Crippen LogP contribution >= 0.6 is 0 Å². The van der Waals surface area contributed by atoms with Crippen molar-refractivity contribution < 1.29 is 14.3 Å². The van der Waals surface area contributed by atoms with E-state index in [0.29, 0.717) is 0 Å². The van der Waals surface area contributed by atoms with Crippen molar-refractivity contribution in [1.82, 2.24) is 0 Å². The van der Waals surface area contributed by atoms with Gasteiger partial charge in [-0.2, -0.15) is 0 Å². The van der Waals surface area contributed by atoms with Crippen molar-refractivity contribution in [3.05, 3.63) is 12.7 Å². The molecule has 1 atom stereocenters. The van der Waals surface area contributed by atoms with Gasteiger partial charge >= 0.3 is 0 Å². The standard InChI is InChI=1S/C14H28O3Si/c1-9-11(15)10-12(16)14(5,6)17-18(7,8)13(2,3)4/h9,12,16H,1,10H2,2-8H3/t12-/m0/s1. The van der Waals surface area contributed by atoms with Gasteiger partial charge in [-0.05, 0) is 38.1 Å². The maximum absolute atomic E-state index is 11.3. The molecular weight excluding hydrogens is 244 g/mol. The van der Waals surface area contributed by atoms with Gasteiger partial charge in [0.2, 0.25) is 0 Å². The highest BCUT2D eigenvalue weighted by Gasteiger charge is 2.43. The minimum Gasteiger partial charge on any atom is -0.409 e. The van der Waals surface area contributed by atoms with Crippen molar-refractivity contribution in [1.29, 1.82) is 0 Å². The van der Waals surface area contributed by atoms with E-state index in [1.807, 2.05) is 13.8 Å². The van der Waals surface area contributed by atoms with Gasteiger partial charge in [0.25, 0.3) is 0 Å². The predicted octanol–water partition coefficient (Wildman–Crippen LogP) is 3.29. The van der Waals surface area contributed by atoms with Gasteiger partial charge in [0.05, 0.1) is 11.7 Å². The predicted molar refractivity (Wildman–Crippen MR) is 78.2 cm³/mol. The molecule has 18 heavy (non-hydrogen) atoms. The highest BCUT2D eigenvalue weighted by Crippen LogP contribution is 2.40. The lowest BCUT2D eigenvalue weighted by Crippen LogP contribution is -2.52. The minimum atomic E-state index is -1.96. The number of hydrogen-bond acceptors (Lipinski definition) is 3. The Hall–Kier alpha value is -0.453. The third-order valence-corrected chi connectivity index (χ3v) is 8.40. The first-order valence-electron chi connectivity index (χ1n) is 6.37. The van der Waals surface area contributed by atoms with Crippen molar-refractivity contribution in [2.75, 3.05) is 0 Å². The lowest BCUT2D eigenvalue weighted by Gasteiger charge is -2.44. The minimum absolute atomic E-state index is 0.0606. The van der Waals surface area contributed by atoms with Gasteiger partial charge in [0.15, 0.2) is 14.1 Å². The van der Waals surface area contributed by atoms with E-state index in [2.05, 4.69) is 40.4 Å². The summed E-state index contributed by atoms with van der Waals surface area (Å²) in [5, 5.41) is 10.2. The first-order valence-corrected chi connectivity index (χ1v) is 9.28. The molecule has 0 aliphatic heterocycles. The fraction of sp³-hybridized carbons (Fsp3) is 0.786. The van der Waals surface area contributed by atoms with Crippen LogP contribution in [0.15, 0.2) is 12.7 Å². The second-order valence-corrected chi connectivity index (χ2v) is 11.6. The van der Waals surface area contributed by atoms with Gasteiger partial charge in [-0.15, -0.1) is 0 Å². The van der Waals surface area contributed by atoms with Gasteiger partial charge in [-0.25, -0.2) is 0 Å². The first-order chi connectivity index (χ1) is 7.83. The fourth-order valence-electron chi connectivity index (χ4n) is 1.40. The Bertz CT molecular complexity index is 313. The molecule has 0 aliphatic rings. The Balaban J connectivity index is 4.84. The zero-order chi connectivity index (χ0) is 14.8. The van der Waals surface area contributed by atoms with E-state index in [0.717, 1.165) is 0 Å². The van der Waals surface area contributed by atoms with E-state index in [4.69, 9.17) is 4.43 Å². The summed E-state index contributed by atoms with van der Waals surface area (Å²) in [7, 11) is -1.96. The van der Waals surface area contributed by atoms with E-state index in [1.165, 1.54) is 6.08 Å². The SMILES string of the molecule is C=CC(=O)C[C@H](O)C(C)(C)O[Si](C)(C)C(C)(C)C. The number of rotatable bonds is 6. The number of ketones is 1. The van der Waals surface area contributed by atoms with Gasteiger partial charge < -0.3 is 9.53 Å². The Morgan fingerprint density at radius 3 is 2.11 bits per heavy atom. The molecule has 3 nitrogen and oxygen atoms in total. The van der Waals surface area contributed by atoms with Crippen LogP contribution in [0.25, 0.3) is 0 Å². The van der Waals surface area contributed by atoms with Crippen molar-refractivity contribution in [3.8, 4) is 0 Å². The smallest absolute Gasteiger partial charge is 0.192 e. The van der Waals surface area contributed by atoms with Crippen LogP contribution < -0.4 is 0 Å². The lowest BCUT2D eigenvalue weighted by atomic mass is 9.97. The van der Waals surface area contributed by atoms with E-state index in [1.54, 1.807) is 0 Å². The van der Waals surface area contributed by atoms with Crippen LogP contribution in [-0.2, 0) is 9.22 Å². The Morgan fingerprint density at radius 2 is 1.78 bits per heavy atom. The maximum Gasteiger partial charge on any atom is 0.192 e. The molecule has 0 aliphatic carbocycles. The molecule has 0 unspecified atom stereocenters. The second kappa shape index (κ2) is 5.68. The number of allylic oxidation sites excluding steroid dienone is 1. The van der Waals surface area contributed by atoms with Gasteiger partial charge in [0.1, 0.15) is 0 Å². The molecule has 0 saturated heterocycles. The summed E-state index contributed by atoms with van der Waals surface area (Å²) in [4.78, 5) is 11.3. The molecule has 0 amide bonds. The summed E-state index contributed by atoms with van der Waals surface area (Å²) in [6.07, 6.45) is 0.494. The number of hydrogen-bond donors (Lipinski definition) is 1. The molecule has 1 N–H and O–H groups in total. The molecule has 0 aromatic heterocycles. The van der Waals surface area contributed by atoms with Crippen LogP contribution in [0.2, 0.25) is 18.1 Å². The molecule has 0 aromatic rings. The zero-order valence-corrected chi connectivity index (χ0v) is 13.8. The van der Waals surface area contributed by atoms with Crippen molar-refractivity contribution in [2.45, 2.75) is 70.9 Å². The molecule has 0 radical (unpaired) electrons. The van der Waals surface area contributed by atoms with E-state index in [9.17, 15) is 9.90 Å². The van der Waals surface area contributed by atoms with Crippen LogP contribution in [0, 0.1) is 0 Å². The third-order valence-electron chi connectivity index (χ3n) is 3.75. The first kappa shape index (κ1) is 17.5. The van der Waals surface area contributed by atoms with Crippen LogP contribution in [-0.4, -0.2) is 30.9 Å². The summed E-state index contributed by atoms with van der Waals surface area (Å²) in [6, 6.07) is 0. The van der Waals surface area contributed by atoms with E-state index < -0.39 is 20.0 Å². The number of carbonyl (C=O) groups is 1. The maximum atomic E-state index is 11.3. The average Bonchev–Trinajstić information content (AvgIpc) is 2.13. The lowest BCUT2D eigenvalue weighted by molar-refractivity contribution is -0.120. The van der Waals surface area contributed by atoms with E-state index in [-0.39, 0.29) is 17.2 Å². The topological polar surface area (TPSA) is 46.5 Å². The third kappa shape index (κ3) is 4.67. The average molecular weight is 272 g/mol. The van der Waals surface area contributed by atoms with Crippen LogP contribution in [0.1, 0.15) is 41.0 Å². The number of aliphatic hydroxyl groups excluding tert-OH is 1. The van der Waals surface area contributed by atoms with Gasteiger partial charge in [-0.1, -0.05) is 27.4 Å². The number of aliphatic hydroxyl groups is 1. The van der Waals surface area contributed by atoms with Gasteiger partial charge in [-0.3, -0.25) is 4.79 Å². The van der Waals surface area contributed by atoms with Crippen molar-refractivity contribution in [2.24, 2.45) is 0 Å². The summed E-state index contributed by atoms with van der Waals surface area (Å²) in [5.41, 5.74) is -0.721. The molecule has 4 heteroatoms. The normalized spacial score (nSPS) is 15.3. The Morgan fingerprint density at radius 1 is 1.33 bits per heavy atom. The molecule has 0 rings (SSSR count). The van der Waals surface area contributed by atoms with Crippen LogP contribution in [0.3, 0.4) is 0 Å². The molecule has 0 bridgehead atoms. The molecule has 0 heterocycles. The summed E-state index contributed by atoms with van der Waals surface area (Å²) in [6.45, 7) is 17.8. The molecule has 0 aromatic carbocycles. The molecule has 0 saturated carbocycles. The fourth-order valence-corrected chi connectivity index (χ4v) is 3.16. The van der Waals surface area contributed by atoms with Crippen molar-refractivity contribution in [3.63, 3.8) is 0 Å². The Kier molecular flexibility index (Phi) is 5.53. The summed E-state index contributed by atoms with van der Waals surface area (Å²) >= 11 is 0. The summed E-state index contributed by atoms with van der Waals surface area (Å²) in [5.74, 6) is -0.158. The second-order valence-electron chi connectivity index (χ2n) is 6.86. The van der Waals surface area contributed by atoms with Crippen LogP contribution in [0.5, 0.6) is 0 Å². The molecule has 0 fully saturated rings.